The van der Waals surface area contributed by atoms with Gasteiger partial charge in [-0.1, -0.05) is 18.2 Å². The smallest absolute Gasteiger partial charge is 0.244 e. The van der Waals surface area contributed by atoms with Crippen LogP contribution in [0.3, 0.4) is 0 Å². The summed E-state index contributed by atoms with van der Waals surface area (Å²) in [5.74, 6) is -0.227. The molecular weight excluding hydrogens is 345 g/mol. The van der Waals surface area contributed by atoms with E-state index in [0.29, 0.717) is 37.4 Å². The van der Waals surface area contributed by atoms with Crippen LogP contribution in [-0.2, 0) is 9.53 Å². The van der Waals surface area contributed by atoms with Crippen molar-refractivity contribution in [2.24, 2.45) is 0 Å². The lowest BCUT2D eigenvalue weighted by atomic mass is 10.1. The number of nitrogens with zero attached hydrogens (tertiary/aromatic N) is 3. The van der Waals surface area contributed by atoms with Gasteiger partial charge < -0.3 is 9.64 Å². The molecule has 0 radical (unpaired) electrons. The van der Waals surface area contributed by atoms with Gasteiger partial charge in [-0.2, -0.15) is 5.26 Å². The van der Waals surface area contributed by atoms with Crippen LogP contribution >= 0.6 is 0 Å². The van der Waals surface area contributed by atoms with Crippen molar-refractivity contribution in [3.05, 3.63) is 65.5 Å². The van der Waals surface area contributed by atoms with Crippen molar-refractivity contribution in [1.82, 2.24) is 4.90 Å². The highest BCUT2D eigenvalue weighted by molar-refractivity contribution is 5.99. The summed E-state index contributed by atoms with van der Waals surface area (Å²) in [6.45, 7) is 2.26. The third-order valence-electron chi connectivity index (χ3n) is 5.28. The molecule has 0 N–H and O–H groups in total. The molecule has 2 aliphatic rings. The van der Waals surface area contributed by atoms with E-state index in [0.717, 1.165) is 12.1 Å². The normalized spacial score (nSPS) is 23.4. The maximum Gasteiger partial charge on any atom is 0.244 e. The predicted molar refractivity (Wildman–Crippen MR) is 98.6 cm³/mol. The molecule has 2 aromatic rings. The molecule has 0 aliphatic carbocycles. The molecule has 0 bridgehead atoms. The summed E-state index contributed by atoms with van der Waals surface area (Å²) in [6.07, 6.45) is 0.361. The first-order chi connectivity index (χ1) is 13.2. The van der Waals surface area contributed by atoms with Crippen LogP contribution < -0.4 is 4.90 Å². The molecule has 138 valence electrons. The van der Waals surface area contributed by atoms with E-state index in [2.05, 4.69) is 11.0 Å². The van der Waals surface area contributed by atoms with Gasteiger partial charge in [-0.15, -0.1) is 0 Å². The lowest BCUT2D eigenvalue weighted by molar-refractivity contribution is -0.125. The van der Waals surface area contributed by atoms with Crippen molar-refractivity contribution in [3.63, 3.8) is 0 Å². The average Bonchev–Trinajstić information content (AvgIpc) is 3.10. The molecule has 1 amide bonds. The first-order valence-electron chi connectivity index (χ1n) is 9.09. The Morgan fingerprint density at radius 2 is 1.89 bits per heavy atom. The number of hydrogen-bond donors (Lipinski definition) is 0. The first-order valence-corrected chi connectivity index (χ1v) is 9.09. The van der Waals surface area contributed by atoms with Gasteiger partial charge in [0.05, 0.1) is 30.4 Å². The van der Waals surface area contributed by atoms with Gasteiger partial charge in [0, 0.05) is 30.9 Å². The Balaban J connectivity index is 1.48. The number of benzene rings is 2. The van der Waals surface area contributed by atoms with E-state index in [1.165, 1.54) is 6.07 Å². The molecule has 0 spiro atoms. The van der Waals surface area contributed by atoms with Gasteiger partial charge in [0.1, 0.15) is 5.82 Å². The van der Waals surface area contributed by atoms with Crippen LogP contribution in [0.4, 0.5) is 10.1 Å². The molecular formula is C21H20FN3O2. The van der Waals surface area contributed by atoms with Crippen LogP contribution in [0, 0.1) is 17.1 Å². The van der Waals surface area contributed by atoms with E-state index in [1.807, 2.05) is 0 Å². The van der Waals surface area contributed by atoms with Gasteiger partial charge in [-0.3, -0.25) is 9.69 Å². The summed E-state index contributed by atoms with van der Waals surface area (Å²) >= 11 is 0. The van der Waals surface area contributed by atoms with Crippen molar-refractivity contribution in [3.8, 4) is 6.07 Å². The first kappa shape index (κ1) is 17.7. The highest BCUT2D eigenvalue weighted by atomic mass is 19.1. The zero-order valence-corrected chi connectivity index (χ0v) is 14.8. The van der Waals surface area contributed by atoms with Crippen molar-refractivity contribution in [1.29, 1.82) is 5.26 Å². The molecule has 5 nitrogen and oxygen atoms in total. The molecule has 4 rings (SSSR count). The zero-order valence-electron chi connectivity index (χ0n) is 14.8. The monoisotopic (exact) mass is 365 g/mol. The Hall–Kier alpha value is -2.75. The van der Waals surface area contributed by atoms with Gasteiger partial charge >= 0.3 is 0 Å². The molecule has 2 heterocycles. The Bertz CT molecular complexity index is 878. The molecule has 0 saturated carbocycles. The van der Waals surface area contributed by atoms with Crippen LogP contribution in [0.15, 0.2) is 48.5 Å². The van der Waals surface area contributed by atoms with E-state index in [-0.39, 0.29) is 23.9 Å². The number of halogens is 1. The fraction of sp³-hybridized carbons (Fsp3) is 0.333. The summed E-state index contributed by atoms with van der Waals surface area (Å²) < 4.78 is 19.9. The van der Waals surface area contributed by atoms with E-state index in [9.17, 15) is 9.18 Å². The SMILES string of the molecule is N#Cc1ccc(N2CCC(N3CCOC(c4ccccc4F)C3)C2=O)cc1. The highest BCUT2D eigenvalue weighted by Gasteiger charge is 2.39. The Kier molecular flexibility index (Phi) is 4.88. The molecule has 2 fully saturated rings. The predicted octanol–water partition coefficient (Wildman–Crippen LogP) is 2.88. The third-order valence-corrected chi connectivity index (χ3v) is 5.28. The maximum atomic E-state index is 14.1. The van der Waals surface area contributed by atoms with Crippen LogP contribution in [-0.4, -0.2) is 43.1 Å². The number of nitriles is 1. The second kappa shape index (κ2) is 7.47. The minimum Gasteiger partial charge on any atom is -0.371 e. The molecule has 0 aromatic heterocycles. The Labute approximate surface area is 157 Å². The number of hydrogen-bond acceptors (Lipinski definition) is 4. The summed E-state index contributed by atoms with van der Waals surface area (Å²) in [7, 11) is 0. The fourth-order valence-electron chi connectivity index (χ4n) is 3.85. The van der Waals surface area contributed by atoms with Crippen LogP contribution in [0.2, 0.25) is 0 Å². The topological polar surface area (TPSA) is 56.6 Å². The Morgan fingerprint density at radius 3 is 2.63 bits per heavy atom. The Morgan fingerprint density at radius 1 is 1.11 bits per heavy atom. The molecule has 2 aliphatic heterocycles. The number of rotatable bonds is 3. The number of anilines is 1. The largest absolute Gasteiger partial charge is 0.371 e. The fourth-order valence-corrected chi connectivity index (χ4v) is 3.85. The summed E-state index contributed by atoms with van der Waals surface area (Å²) in [6, 6.07) is 15.6. The van der Waals surface area contributed by atoms with Crippen LogP contribution in [0.5, 0.6) is 0 Å². The van der Waals surface area contributed by atoms with Gasteiger partial charge in [0.25, 0.3) is 0 Å². The van der Waals surface area contributed by atoms with Crippen molar-refractivity contribution < 1.29 is 13.9 Å². The van der Waals surface area contributed by atoms with Gasteiger partial charge in [-0.25, -0.2) is 4.39 Å². The van der Waals surface area contributed by atoms with E-state index < -0.39 is 0 Å². The number of ether oxygens (including phenoxy) is 1. The second-order valence-corrected chi connectivity index (χ2v) is 6.83. The number of morpholine rings is 1. The highest BCUT2D eigenvalue weighted by Crippen LogP contribution is 2.30. The van der Waals surface area contributed by atoms with Gasteiger partial charge in [0.2, 0.25) is 5.91 Å². The number of amides is 1. The van der Waals surface area contributed by atoms with Crippen molar-refractivity contribution >= 4 is 11.6 Å². The number of carbonyl (C=O) groups excluding carboxylic acids is 1. The van der Waals surface area contributed by atoms with Crippen LogP contribution in [0.25, 0.3) is 0 Å². The quantitative estimate of drug-likeness (QED) is 0.839. The average molecular weight is 365 g/mol. The molecule has 2 atom stereocenters. The third kappa shape index (κ3) is 3.44. The lowest BCUT2D eigenvalue weighted by Crippen LogP contribution is -2.48. The van der Waals surface area contributed by atoms with Crippen LogP contribution in [0.1, 0.15) is 23.7 Å². The second-order valence-electron chi connectivity index (χ2n) is 6.83. The van der Waals surface area contributed by atoms with Gasteiger partial charge in [0.15, 0.2) is 0 Å². The molecule has 2 saturated heterocycles. The zero-order chi connectivity index (χ0) is 18.8. The van der Waals surface area contributed by atoms with Crippen molar-refractivity contribution in [2.45, 2.75) is 18.6 Å². The van der Waals surface area contributed by atoms with E-state index >= 15 is 0 Å². The molecule has 27 heavy (non-hydrogen) atoms. The molecule has 2 unspecified atom stereocenters. The lowest BCUT2D eigenvalue weighted by Gasteiger charge is -2.36. The molecule has 2 aromatic carbocycles. The summed E-state index contributed by atoms with van der Waals surface area (Å²) in [5.41, 5.74) is 1.92. The summed E-state index contributed by atoms with van der Waals surface area (Å²) in [5, 5.41) is 8.92. The van der Waals surface area contributed by atoms with Crippen molar-refractivity contribution in [2.75, 3.05) is 31.1 Å². The maximum absolute atomic E-state index is 14.1. The standard InChI is InChI=1S/C21H20FN3O2/c22-18-4-2-1-3-17(18)20-14-24(11-12-27-20)19-9-10-25(21(19)26)16-7-5-15(13-23)6-8-16/h1-8,19-20H,9-12,14H2. The summed E-state index contributed by atoms with van der Waals surface area (Å²) in [4.78, 5) is 16.8. The minimum absolute atomic E-state index is 0.0499. The van der Waals surface area contributed by atoms with E-state index in [1.54, 1.807) is 47.4 Å². The minimum atomic E-state index is -0.364. The van der Waals surface area contributed by atoms with E-state index in [4.69, 9.17) is 10.00 Å². The van der Waals surface area contributed by atoms with Gasteiger partial charge in [-0.05, 0) is 36.8 Å². The molecule has 6 heteroatoms. The number of carbonyl (C=O) groups is 1.